The Bertz CT molecular complexity index is 2070. The predicted molar refractivity (Wildman–Crippen MR) is 181 cm³/mol. The Hall–Kier alpha value is -4.76. The molecule has 0 radical (unpaired) electrons. The van der Waals surface area contributed by atoms with E-state index in [0.717, 1.165) is 10.6 Å². The van der Waals surface area contributed by atoms with Gasteiger partial charge in [-0.2, -0.15) is 13.2 Å². The maximum Gasteiger partial charge on any atom is 0.449 e. The number of alkyl carbamates (subject to hydrolysis) is 1. The van der Waals surface area contributed by atoms with Crippen LogP contribution >= 0.6 is 0 Å². The van der Waals surface area contributed by atoms with Gasteiger partial charge in [0.25, 0.3) is 5.56 Å². The van der Waals surface area contributed by atoms with Crippen molar-refractivity contribution in [3.8, 4) is 0 Å². The van der Waals surface area contributed by atoms with E-state index in [1.54, 1.807) is 65.0 Å². The van der Waals surface area contributed by atoms with E-state index in [0.29, 0.717) is 35.7 Å². The first-order valence-corrected chi connectivity index (χ1v) is 17.0. The molecule has 1 fully saturated rings. The quantitative estimate of drug-likeness (QED) is 0.216. The maximum absolute atomic E-state index is 15.2. The van der Waals surface area contributed by atoms with Crippen LogP contribution in [0.5, 0.6) is 0 Å². The summed E-state index contributed by atoms with van der Waals surface area (Å²) < 4.78 is 73.9. The van der Waals surface area contributed by atoms with E-state index in [2.05, 4.69) is 10.3 Å². The molecule has 1 unspecified atom stereocenters. The standard InChI is InChI=1S/C37H41F4N5O6/c1-22-8-6-10-26(38)25(22)19-45-29-21-50-36(14-16-44(17-15-36)18-24-12-13-30(51-24)37(39,40)41)31(29)32(47)46(34(45)49)20-28(27-11-7-9-23(2)42-27)43-33(48)52-35(3,4)5/h6-13,28H,14-21H2,1-5H3,(H,43,48). The average molecular weight is 728 g/mol. The number of hydrogen-bond acceptors (Lipinski definition) is 8. The first-order valence-electron chi connectivity index (χ1n) is 17.0. The number of ether oxygens (including phenoxy) is 2. The fraction of sp³-hybridized carbons (Fsp3) is 0.459. The fourth-order valence-electron chi connectivity index (χ4n) is 6.88. The lowest BCUT2D eigenvalue weighted by Crippen LogP contribution is -2.50. The Morgan fingerprint density at radius 3 is 2.35 bits per heavy atom. The number of piperidine rings is 1. The van der Waals surface area contributed by atoms with Crippen LogP contribution in [0.15, 0.2) is 62.5 Å². The molecular formula is C37H41F4N5O6. The van der Waals surface area contributed by atoms with Gasteiger partial charge in [0.05, 0.1) is 49.2 Å². The van der Waals surface area contributed by atoms with E-state index in [4.69, 9.17) is 13.9 Å². The van der Waals surface area contributed by atoms with Crippen molar-refractivity contribution in [3.05, 3.63) is 120 Å². The van der Waals surface area contributed by atoms with Crippen LogP contribution in [0.4, 0.5) is 22.4 Å². The minimum Gasteiger partial charge on any atom is -0.455 e. The normalized spacial score (nSPS) is 16.6. The highest BCUT2D eigenvalue weighted by molar-refractivity contribution is 5.68. The summed E-state index contributed by atoms with van der Waals surface area (Å²) in [5.41, 5.74) is -0.790. The molecule has 4 aromatic rings. The first kappa shape index (κ1) is 37.0. The second-order valence-electron chi connectivity index (χ2n) is 14.4. The smallest absolute Gasteiger partial charge is 0.449 e. The molecule has 278 valence electrons. The van der Waals surface area contributed by atoms with Crippen molar-refractivity contribution >= 4 is 6.09 Å². The molecule has 2 aliphatic rings. The highest BCUT2D eigenvalue weighted by Gasteiger charge is 2.47. The Morgan fingerprint density at radius 2 is 1.71 bits per heavy atom. The number of amides is 1. The highest BCUT2D eigenvalue weighted by atomic mass is 19.4. The van der Waals surface area contributed by atoms with Gasteiger partial charge < -0.3 is 19.2 Å². The molecule has 0 saturated carbocycles. The molecule has 6 rings (SSSR count). The summed E-state index contributed by atoms with van der Waals surface area (Å²) >= 11 is 0. The van der Waals surface area contributed by atoms with Gasteiger partial charge in [-0.25, -0.2) is 14.0 Å². The van der Waals surface area contributed by atoms with Gasteiger partial charge in [0.15, 0.2) is 0 Å². The average Bonchev–Trinajstić information content (AvgIpc) is 3.68. The Labute approximate surface area is 297 Å². The number of nitrogens with one attached hydrogen (secondary N) is 1. The number of rotatable bonds is 8. The van der Waals surface area contributed by atoms with Crippen molar-refractivity contribution in [2.24, 2.45) is 0 Å². The van der Waals surface area contributed by atoms with E-state index in [1.165, 1.54) is 16.7 Å². The number of aryl methyl sites for hydroxylation is 2. The molecule has 15 heteroatoms. The van der Waals surface area contributed by atoms with Gasteiger partial charge in [0.2, 0.25) is 5.76 Å². The third kappa shape index (κ3) is 7.70. The number of furan rings is 1. The number of aromatic nitrogens is 3. The van der Waals surface area contributed by atoms with Crippen LogP contribution in [0, 0.1) is 19.7 Å². The SMILES string of the molecule is Cc1cccc(C(Cn2c(=O)c3c(n(Cc4c(C)cccc4F)c2=O)COC32CCN(Cc3ccc(C(F)(F)F)o3)CC2)NC(=O)OC(C)(C)C)n1. The number of carbonyl (C=O) groups excluding carboxylic acids is 1. The summed E-state index contributed by atoms with van der Waals surface area (Å²) in [6, 6.07) is 11.0. The molecule has 2 aliphatic heterocycles. The number of carbonyl (C=O) groups is 1. The minimum atomic E-state index is -4.60. The summed E-state index contributed by atoms with van der Waals surface area (Å²) in [4.78, 5) is 48.5. The zero-order chi connectivity index (χ0) is 37.6. The van der Waals surface area contributed by atoms with Gasteiger partial charge in [-0.05, 0) is 83.4 Å². The monoisotopic (exact) mass is 727 g/mol. The van der Waals surface area contributed by atoms with Gasteiger partial charge >= 0.3 is 18.0 Å². The van der Waals surface area contributed by atoms with Crippen LogP contribution in [0.3, 0.4) is 0 Å². The number of fused-ring (bicyclic) bond motifs is 2. The molecular weight excluding hydrogens is 686 g/mol. The highest BCUT2D eigenvalue weighted by Crippen LogP contribution is 2.43. The number of likely N-dealkylation sites (tertiary alicyclic amines) is 1. The first-order chi connectivity index (χ1) is 24.4. The molecule has 1 aromatic carbocycles. The van der Waals surface area contributed by atoms with Crippen LogP contribution in [0.25, 0.3) is 0 Å². The molecule has 1 N–H and O–H groups in total. The van der Waals surface area contributed by atoms with Gasteiger partial charge in [-0.1, -0.05) is 18.2 Å². The zero-order valence-electron chi connectivity index (χ0n) is 29.6. The Kier molecular flexibility index (Phi) is 9.96. The van der Waals surface area contributed by atoms with E-state index in [1.807, 2.05) is 4.90 Å². The van der Waals surface area contributed by atoms with Crippen LogP contribution in [-0.2, 0) is 47.5 Å². The van der Waals surface area contributed by atoms with Crippen LogP contribution in [-0.4, -0.2) is 43.8 Å². The van der Waals surface area contributed by atoms with Crippen molar-refractivity contribution in [3.63, 3.8) is 0 Å². The van der Waals surface area contributed by atoms with Gasteiger partial charge in [-0.15, -0.1) is 0 Å². The van der Waals surface area contributed by atoms with E-state index >= 15 is 4.39 Å². The van der Waals surface area contributed by atoms with E-state index < -0.39 is 52.3 Å². The van der Waals surface area contributed by atoms with Gasteiger partial charge in [0, 0.05) is 24.3 Å². The summed E-state index contributed by atoms with van der Waals surface area (Å²) in [6.07, 6.45) is -4.79. The number of nitrogens with zero attached hydrogens (tertiary/aromatic N) is 4. The zero-order valence-corrected chi connectivity index (χ0v) is 29.6. The molecule has 1 saturated heterocycles. The lowest BCUT2D eigenvalue weighted by molar-refractivity contribution is -0.153. The van der Waals surface area contributed by atoms with Crippen molar-refractivity contribution in [2.45, 2.75) is 97.1 Å². The molecule has 0 bridgehead atoms. The lowest BCUT2D eigenvalue weighted by atomic mass is 9.85. The van der Waals surface area contributed by atoms with Crippen molar-refractivity contribution in [1.29, 1.82) is 0 Å². The number of benzene rings is 1. The molecule has 11 nitrogen and oxygen atoms in total. The van der Waals surface area contributed by atoms with E-state index in [9.17, 15) is 27.6 Å². The molecule has 3 aromatic heterocycles. The van der Waals surface area contributed by atoms with Crippen LogP contribution < -0.4 is 16.6 Å². The fourth-order valence-corrected chi connectivity index (χ4v) is 6.88. The molecule has 1 amide bonds. The molecule has 0 aliphatic carbocycles. The second-order valence-corrected chi connectivity index (χ2v) is 14.4. The molecule has 5 heterocycles. The van der Waals surface area contributed by atoms with Crippen molar-refractivity contribution < 1.29 is 36.2 Å². The summed E-state index contributed by atoms with van der Waals surface area (Å²) in [5.74, 6) is -1.44. The Balaban J connectivity index is 1.40. The van der Waals surface area contributed by atoms with Crippen LogP contribution in [0.2, 0.25) is 0 Å². The minimum absolute atomic E-state index is 0.0830. The third-order valence-corrected chi connectivity index (χ3v) is 9.45. The van der Waals surface area contributed by atoms with Crippen molar-refractivity contribution in [1.82, 2.24) is 24.3 Å². The largest absolute Gasteiger partial charge is 0.455 e. The summed E-state index contributed by atoms with van der Waals surface area (Å²) in [6.45, 7) is 8.86. The van der Waals surface area contributed by atoms with E-state index in [-0.39, 0.29) is 56.0 Å². The molecule has 1 spiro atoms. The van der Waals surface area contributed by atoms with Gasteiger partial charge in [-0.3, -0.25) is 23.8 Å². The summed E-state index contributed by atoms with van der Waals surface area (Å²) in [7, 11) is 0. The number of pyridine rings is 1. The van der Waals surface area contributed by atoms with Gasteiger partial charge in [0.1, 0.15) is 22.8 Å². The topological polar surface area (TPSA) is 121 Å². The lowest BCUT2D eigenvalue weighted by Gasteiger charge is -2.38. The number of halogens is 4. The number of hydrogen-bond donors (Lipinski definition) is 1. The third-order valence-electron chi connectivity index (χ3n) is 9.45. The second kappa shape index (κ2) is 14.0. The van der Waals surface area contributed by atoms with Crippen molar-refractivity contribution in [2.75, 3.05) is 13.1 Å². The Morgan fingerprint density at radius 1 is 1.00 bits per heavy atom. The molecule has 52 heavy (non-hydrogen) atoms. The number of alkyl halides is 3. The van der Waals surface area contributed by atoms with Crippen LogP contribution in [0.1, 0.15) is 84.9 Å². The maximum atomic E-state index is 15.2. The summed E-state index contributed by atoms with van der Waals surface area (Å²) in [5, 5.41) is 2.78. The predicted octanol–water partition coefficient (Wildman–Crippen LogP) is 6.11. The molecule has 1 atom stereocenters.